The zero-order chi connectivity index (χ0) is 7.68. The van der Waals surface area contributed by atoms with E-state index in [4.69, 9.17) is 11.6 Å². The molecule has 1 radical (unpaired) electrons. The van der Waals surface area contributed by atoms with Crippen LogP contribution in [0.5, 0.6) is 0 Å². The fraction of sp³-hybridized carbons (Fsp3) is 0.400. The summed E-state index contributed by atoms with van der Waals surface area (Å²) in [6.45, 7) is 0. The molecule has 1 aliphatic rings. The first-order valence-electron chi connectivity index (χ1n) is 4.01. The Hall–Kier alpha value is -0.490. The average Bonchev–Trinajstić information content (AvgIpc) is 2.06. The summed E-state index contributed by atoms with van der Waals surface area (Å²) < 4.78 is 0. The van der Waals surface area contributed by atoms with E-state index in [1.165, 1.54) is 24.0 Å². The first-order valence-corrected chi connectivity index (χ1v) is 4.44. The highest BCUT2D eigenvalue weighted by molar-refractivity contribution is 6.21. The van der Waals surface area contributed by atoms with E-state index in [0.29, 0.717) is 0 Å². The smallest absolute Gasteiger partial charge is 0.0588 e. The molecule has 0 spiro atoms. The summed E-state index contributed by atoms with van der Waals surface area (Å²) in [5.41, 5.74) is 2.70. The van der Waals surface area contributed by atoms with Crippen LogP contribution in [-0.4, -0.2) is 0 Å². The largest absolute Gasteiger partial charge is 0.118 e. The molecule has 0 amide bonds. The van der Waals surface area contributed by atoms with Crippen LogP contribution in [0.15, 0.2) is 18.2 Å². The second-order valence-electron chi connectivity index (χ2n) is 2.98. The van der Waals surface area contributed by atoms with Crippen LogP contribution in [0.3, 0.4) is 0 Å². The molecule has 1 aromatic carbocycles. The summed E-state index contributed by atoms with van der Waals surface area (Å²) >= 11 is 6.13. The minimum absolute atomic E-state index is 0.244. The van der Waals surface area contributed by atoms with Gasteiger partial charge in [-0.3, -0.25) is 0 Å². The van der Waals surface area contributed by atoms with Gasteiger partial charge in [0.15, 0.2) is 0 Å². The predicted molar refractivity (Wildman–Crippen MR) is 46.8 cm³/mol. The van der Waals surface area contributed by atoms with E-state index in [-0.39, 0.29) is 5.38 Å². The van der Waals surface area contributed by atoms with E-state index in [1.54, 1.807) is 0 Å². The first kappa shape index (κ1) is 7.17. The highest BCUT2D eigenvalue weighted by Gasteiger charge is 2.16. The van der Waals surface area contributed by atoms with Gasteiger partial charge in [-0.25, -0.2) is 0 Å². The van der Waals surface area contributed by atoms with Gasteiger partial charge in [0, 0.05) is 0 Å². The van der Waals surface area contributed by atoms with Crippen LogP contribution in [0.4, 0.5) is 0 Å². The van der Waals surface area contributed by atoms with E-state index in [2.05, 4.69) is 18.2 Å². The fourth-order valence-corrected chi connectivity index (χ4v) is 1.99. The standard InChI is InChI=1S/C10H10Cl/c11-10-7-3-5-8-4-1-2-6-9(8)10/h2,4,6,10H,3,5,7H2. The molecule has 0 fully saturated rings. The fourth-order valence-electron chi connectivity index (χ4n) is 1.63. The highest BCUT2D eigenvalue weighted by Crippen LogP contribution is 2.33. The van der Waals surface area contributed by atoms with Gasteiger partial charge in [0.1, 0.15) is 0 Å². The monoisotopic (exact) mass is 165 g/mol. The van der Waals surface area contributed by atoms with Crippen molar-refractivity contribution < 1.29 is 0 Å². The topological polar surface area (TPSA) is 0 Å². The van der Waals surface area contributed by atoms with Crippen molar-refractivity contribution in [1.82, 2.24) is 0 Å². The average molecular weight is 166 g/mol. The van der Waals surface area contributed by atoms with Crippen molar-refractivity contribution in [3.05, 3.63) is 35.4 Å². The van der Waals surface area contributed by atoms with Crippen LogP contribution < -0.4 is 0 Å². The quantitative estimate of drug-likeness (QED) is 0.519. The van der Waals surface area contributed by atoms with E-state index >= 15 is 0 Å². The molecule has 0 saturated heterocycles. The molecule has 57 valence electrons. The van der Waals surface area contributed by atoms with Crippen LogP contribution in [0.1, 0.15) is 29.3 Å². The minimum Gasteiger partial charge on any atom is -0.118 e. The summed E-state index contributed by atoms with van der Waals surface area (Å²) in [5, 5.41) is 0.244. The molecular weight excluding hydrogens is 156 g/mol. The van der Waals surface area contributed by atoms with Gasteiger partial charge in [-0.05, 0) is 36.5 Å². The molecule has 0 saturated carbocycles. The van der Waals surface area contributed by atoms with Crippen molar-refractivity contribution >= 4 is 11.6 Å². The number of hydrogen-bond donors (Lipinski definition) is 0. The summed E-state index contributed by atoms with van der Waals surface area (Å²) in [7, 11) is 0. The van der Waals surface area contributed by atoms with Crippen LogP contribution in [0.2, 0.25) is 0 Å². The third-order valence-corrected chi connectivity index (χ3v) is 2.68. The molecule has 0 nitrogen and oxygen atoms in total. The molecule has 1 aromatic rings. The summed E-state index contributed by atoms with van der Waals surface area (Å²) in [4.78, 5) is 0. The molecule has 0 heterocycles. The van der Waals surface area contributed by atoms with Gasteiger partial charge in [0.25, 0.3) is 0 Å². The van der Waals surface area contributed by atoms with Gasteiger partial charge in [-0.2, -0.15) is 0 Å². The van der Waals surface area contributed by atoms with Crippen LogP contribution in [0, 0.1) is 6.07 Å². The maximum absolute atomic E-state index is 6.13. The molecule has 1 aliphatic carbocycles. The molecule has 1 heteroatoms. The molecule has 0 aromatic heterocycles. The van der Waals surface area contributed by atoms with Gasteiger partial charge in [-0.15, -0.1) is 11.6 Å². The number of aryl methyl sites for hydroxylation is 1. The summed E-state index contributed by atoms with van der Waals surface area (Å²) in [6, 6.07) is 9.18. The summed E-state index contributed by atoms with van der Waals surface area (Å²) in [5.74, 6) is 0. The van der Waals surface area contributed by atoms with Crippen molar-refractivity contribution in [2.45, 2.75) is 24.6 Å². The third-order valence-electron chi connectivity index (χ3n) is 2.23. The lowest BCUT2D eigenvalue weighted by atomic mass is 9.92. The van der Waals surface area contributed by atoms with E-state index < -0.39 is 0 Å². The van der Waals surface area contributed by atoms with Crippen molar-refractivity contribution in [3.63, 3.8) is 0 Å². The number of fused-ring (bicyclic) bond motifs is 1. The minimum atomic E-state index is 0.244. The maximum Gasteiger partial charge on any atom is 0.0588 e. The Kier molecular flexibility index (Phi) is 1.87. The second kappa shape index (κ2) is 2.86. The first-order chi connectivity index (χ1) is 5.38. The number of alkyl halides is 1. The third kappa shape index (κ3) is 1.28. The Morgan fingerprint density at radius 3 is 3.27 bits per heavy atom. The Labute approximate surface area is 72.2 Å². The molecule has 0 N–H and O–H groups in total. The molecule has 11 heavy (non-hydrogen) atoms. The molecule has 1 unspecified atom stereocenters. The zero-order valence-electron chi connectivity index (χ0n) is 6.31. The van der Waals surface area contributed by atoms with Gasteiger partial charge >= 0.3 is 0 Å². The number of benzene rings is 1. The normalized spacial score (nSPS) is 22.8. The zero-order valence-corrected chi connectivity index (χ0v) is 7.06. The van der Waals surface area contributed by atoms with Crippen LogP contribution in [-0.2, 0) is 6.42 Å². The van der Waals surface area contributed by atoms with Gasteiger partial charge < -0.3 is 0 Å². The van der Waals surface area contributed by atoms with Crippen molar-refractivity contribution in [3.8, 4) is 0 Å². The van der Waals surface area contributed by atoms with Gasteiger partial charge in [0.2, 0.25) is 0 Å². The Morgan fingerprint density at radius 2 is 2.45 bits per heavy atom. The molecule has 0 bridgehead atoms. The van der Waals surface area contributed by atoms with Crippen molar-refractivity contribution in [2.75, 3.05) is 0 Å². The molecule has 0 aliphatic heterocycles. The number of hydrogen-bond acceptors (Lipinski definition) is 0. The lowest BCUT2D eigenvalue weighted by Crippen LogP contribution is -2.04. The second-order valence-corrected chi connectivity index (χ2v) is 3.51. The van der Waals surface area contributed by atoms with Crippen LogP contribution in [0.25, 0.3) is 0 Å². The van der Waals surface area contributed by atoms with Crippen molar-refractivity contribution in [2.24, 2.45) is 0 Å². The Balaban J connectivity index is 2.44. The van der Waals surface area contributed by atoms with E-state index in [9.17, 15) is 0 Å². The Bertz CT molecular complexity index is 255. The van der Waals surface area contributed by atoms with Crippen molar-refractivity contribution in [1.29, 1.82) is 0 Å². The van der Waals surface area contributed by atoms with Gasteiger partial charge in [-0.1, -0.05) is 18.2 Å². The maximum atomic E-state index is 6.13. The Morgan fingerprint density at radius 1 is 1.55 bits per heavy atom. The van der Waals surface area contributed by atoms with E-state index in [0.717, 1.165) is 6.42 Å². The lowest BCUT2D eigenvalue weighted by molar-refractivity contribution is 0.667. The number of halogens is 1. The van der Waals surface area contributed by atoms with Crippen LogP contribution >= 0.6 is 11.6 Å². The SMILES string of the molecule is ClC1CCCc2c[c]ccc21. The number of rotatable bonds is 0. The molecular formula is C10H10Cl. The van der Waals surface area contributed by atoms with Gasteiger partial charge in [0.05, 0.1) is 5.38 Å². The highest BCUT2D eigenvalue weighted by atomic mass is 35.5. The summed E-state index contributed by atoms with van der Waals surface area (Å²) in [6.07, 6.45) is 3.52. The lowest BCUT2D eigenvalue weighted by Gasteiger charge is -2.19. The molecule has 2 rings (SSSR count). The predicted octanol–water partition coefficient (Wildman–Crippen LogP) is 3.10. The molecule has 1 atom stereocenters. The van der Waals surface area contributed by atoms with E-state index in [1.807, 2.05) is 6.07 Å².